The summed E-state index contributed by atoms with van der Waals surface area (Å²) in [5, 5.41) is 0.939. The fourth-order valence-corrected chi connectivity index (χ4v) is 4.98. The molecular weight excluding hydrogens is 438 g/mol. The van der Waals surface area contributed by atoms with Gasteiger partial charge < -0.3 is 19.5 Å². The Bertz CT molecular complexity index is 1290. The monoisotopic (exact) mass is 467 g/mol. The molecule has 2 saturated heterocycles. The van der Waals surface area contributed by atoms with Gasteiger partial charge >= 0.3 is 0 Å². The lowest BCUT2D eigenvalue weighted by Crippen LogP contribution is -2.64. The third-order valence-electron chi connectivity index (χ3n) is 7.05. The van der Waals surface area contributed by atoms with Crippen molar-refractivity contribution in [2.24, 2.45) is 0 Å². The fraction of sp³-hybridized carbons (Fsp3) is 0.286. The van der Waals surface area contributed by atoms with Gasteiger partial charge in [0.05, 0.1) is 0 Å². The van der Waals surface area contributed by atoms with E-state index in [-0.39, 0.29) is 5.91 Å². The van der Waals surface area contributed by atoms with E-state index in [2.05, 4.69) is 25.8 Å². The van der Waals surface area contributed by atoms with Crippen molar-refractivity contribution in [3.8, 4) is 5.75 Å². The molecule has 2 aromatic heterocycles. The standard InChI is InChI=1S/C28H29N5O2/c34-28(33-18-22(19-33)31-13-15-32(16-14-31)27-11-4-5-12-29-27)25-17-23-24(30-25)9-6-10-26(23)35-20-21-7-2-1-3-8-21/h1-12,17,22,30H,13-16,18-20H2. The SMILES string of the molecule is O=C(c1cc2c(OCc3ccccc3)cccc2[nH]1)N1CC(N2CCN(c3ccccn3)CC2)C1. The first kappa shape index (κ1) is 21.7. The van der Waals surface area contributed by atoms with Gasteiger partial charge in [-0.15, -0.1) is 0 Å². The zero-order valence-corrected chi connectivity index (χ0v) is 19.6. The van der Waals surface area contributed by atoms with Crippen LogP contribution in [0.15, 0.2) is 79.0 Å². The Labute approximate surface area is 204 Å². The van der Waals surface area contributed by atoms with Gasteiger partial charge in [0.1, 0.15) is 23.9 Å². The number of pyridine rings is 1. The number of amides is 1. The van der Waals surface area contributed by atoms with Crippen LogP contribution in [0.5, 0.6) is 5.75 Å². The van der Waals surface area contributed by atoms with Crippen LogP contribution in [0.3, 0.4) is 0 Å². The second-order valence-electron chi connectivity index (χ2n) is 9.25. The number of carbonyl (C=O) groups excluding carboxylic acids is 1. The highest BCUT2D eigenvalue weighted by atomic mass is 16.5. The van der Waals surface area contributed by atoms with Gasteiger partial charge in [-0.1, -0.05) is 42.5 Å². The van der Waals surface area contributed by atoms with E-state index in [1.807, 2.05) is 77.8 Å². The number of piperazine rings is 1. The molecule has 0 bridgehead atoms. The molecule has 1 N–H and O–H groups in total. The van der Waals surface area contributed by atoms with Crippen molar-refractivity contribution < 1.29 is 9.53 Å². The Kier molecular flexibility index (Phi) is 5.84. The summed E-state index contributed by atoms with van der Waals surface area (Å²) in [6.07, 6.45) is 1.85. The fourth-order valence-electron chi connectivity index (χ4n) is 4.98. The first-order chi connectivity index (χ1) is 17.2. The van der Waals surface area contributed by atoms with Gasteiger partial charge in [-0.25, -0.2) is 4.98 Å². The van der Waals surface area contributed by atoms with Gasteiger partial charge in [0.15, 0.2) is 0 Å². The van der Waals surface area contributed by atoms with Crippen LogP contribution in [0.1, 0.15) is 16.1 Å². The van der Waals surface area contributed by atoms with Crippen LogP contribution >= 0.6 is 0 Å². The van der Waals surface area contributed by atoms with Crippen LogP contribution in [-0.4, -0.2) is 71.0 Å². The number of hydrogen-bond acceptors (Lipinski definition) is 5. The Hall–Kier alpha value is -3.84. The van der Waals surface area contributed by atoms with E-state index in [9.17, 15) is 4.79 Å². The number of aromatic amines is 1. The first-order valence-corrected chi connectivity index (χ1v) is 12.2. The molecule has 0 unspecified atom stereocenters. The summed E-state index contributed by atoms with van der Waals surface area (Å²) in [5.41, 5.74) is 2.65. The number of hydrogen-bond donors (Lipinski definition) is 1. The van der Waals surface area contributed by atoms with E-state index in [1.54, 1.807) is 0 Å². The van der Waals surface area contributed by atoms with Gasteiger partial charge in [0, 0.05) is 62.4 Å². The third-order valence-corrected chi connectivity index (χ3v) is 7.05. The van der Waals surface area contributed by atoms with E-state index >= 15 is 0 Å². The molecule has 1 amide bonds. The zero-order valence-electron chi connectivity index (χ0n) is 19.6. The summed E-state index contributed by atoms with van der Waals surface area (Å²) < 4.78 is 6.08. The maximum absolute atomic E-state index is 13.2. The summed E-state index contributed by atoms with van der Waals surface area (Å²) in [6.45, 7) is 5.97. The summed E-state index contributed by atoms with van der Waals surface area (Å²) in [6, 6.07) is 24.4. The number of fused-ring (bicyclic) bond motifs is 1. The minimum atomic E-state index is 0.0542. The Morgan fingerprint density at radius 1 is 0.943 bits per heavy atom. The molecule has 4 heterocycles. The lowest BCUT2D eigenvalue weighted by atomic mass is 10.1. The number of aromatic nitrogens is 2. The minimum absolute atomic E-state index is 0.0542. The highest BCUT2D eigenvalue weighted by Crippen LogP contribution is 2.29. The minimum Gasteiger partial charge on any atom is -0.488 e. The highest BCUT2D eigenvalue weighted by Gasteiger charge is 2.37. The molecular formula is C28H29N5O2. The summed E-state index contributed by atoms with van der Waals surface area (Å²) in [5.74, 6) is 1.89. The van der Waals surface area contributed by atoms with Crippen LogP contribution in [-0.2, 0) is 6.61 Å². The number of nitrogens with one attached hydrogen (secondary N) is 1. The number of likely N-dealkylation sites (tertiary alicyclic amines) is 1. The maximum Gasteiger partial charge on any atom is 0.270 e. The average molecular weight is 468 g/mol. The lowest BCUT2D eigenvalue weighted by Gasteiger charge is -2.48. The van der Waals surface area contributed by atoms with Crippen molar-refractivity contribution in [1.82, 2.24) is 19.8 Å². The molecule has 0 saturated carbocycles. The van der Waals surface area contributed by atoms with Crippen molar-refractivity contribution in [3.63, 3.8) is 0 Å². The normalized spacial score (nSPS) is 16.9. The molecule has 2 aliphatic rings. The number of benzene rings is 2. The number of H-pyrrole nitrogens is 1. The Morgan fingerprint density at radius 3 is 2.51 bits per heavy atom. The van der Waals surface area contributed by atoms with E-state index in [0.717, 1.165) is 67.3 Å². The second-order valence-corrected chi connectivity index (χ2v) is 9.25. The first-order valence-electron chi connectivity index (χ1n) is 12.2. The van der Waals surface area contributed by atoms with Gasteiger partial charge in [-0.3, -0.25) is 9.69 Å². The Morgan fingerprint density at radius 2 is 1.74 bits per heavy atom. The molecule has 2 aliphatic heterocycles. The summed E-state index contributed by atoms with van der Waals surface area (Å²) >= 11 is 0. The quantitative estimate of drug-likeness (QED) is 0.468. The number of nitrogens with zero attached hydrogens (tertiary/aromatic N) is 4. The number of rotatable bonds is 6. The van der Waals surface area contributed by atoms with Crippen molar-refractivity contribution in [3.05, 3.63) is 90.3 Å². The van der Waals surface area contributed by atoms with Crippen LogP contribution in [0.2, 0.25) is 0 Å². The molecule has 0 aliphatic carbocycles. The number of anilines is 1. The molecule has 6 rings (SSSR count). The topological polar surface area (TPSA) is 64.7 Å². The van der Waals surface area contributed by atoms with Crippen molar-refractivity contribution in [2.45, 2.75) is 12.6 Å². The van der Waals surface area contributed by atoms with Gasteiger partial charge in [0.25, 0.3) is 5.91 Å². The van der Waals surface area contributed by atoms with Crippen LogP contribution in [0.25, 0.3) is 10.9 Å². The molecule has 7 nitrogen and oxygen atoms in total. The van der Waals surface area contributed by atoms with Crippen molar-refractivity contribution >= 4 is 22.6 Å². The predicted molar refractivity (Wildman–Crippen MR) is 137 cm³/mol. The lowest BCUT2D eigenvalue weighted by molar-refractivity contribution is 0.0242. The van der Waals surface area contributed by atoms with E-state index in [1.165, 1.54) is 0 Å². The molecule has 0 radical (unpaired) electrons. The molecule has 178 valence electrons. The molecule has 2 aromatic carbocycles. The van der Waals surface area contributed by atoms with Crippen LogP contribution in [0.4, 0.5) is 5.82 Å². The maximum atomic E-state index is 13.2. The summed E-state index contributed by atoms with van der Waals surface area (Å²) in [4.78, 5) is 27.7. The second kappa shape index (κ2) is 9.43. The molecule has 0 spiro atoms. The Balaban J connectivity index is 1.06. The van der Waals surface area contributed by atoms with E-state index in [4.69, 9.17) is 4.74 Å². The highest BCUT2D eigenvalue weighted by molar-refractivity contribution is 6.00. The van der Waals surface area contributed by atoms with Crippen molar-refractivity contribution in [2.75, 3.05) is 44.2 Å². The molecule has 2 fully saturated rings. The smallest absolute Gasteiger partial charge is 0.270 e. The molecule has 4 aromatic rings. The van der Waals surface area contributed by atoms with Crippen LogP contribution < -0.4 is 9.64 Å². The molecule has 7 heteroatoms. The number of ether oxygens (including phenoxy) is 1. The van der Waals surface area contributed by atoms with Gasteiger partial charge in [-0.05, 0) is 35.9 Å². The molecule has 35 heavy (non-hydrogen) atoms. The summed E-state index contributed by atoms with van der Waals surface area (Å²) in [7, 11) is 0. The third kappa shape index (κ3) is 4.47. The van der Waals surface area contributed by atoms with Gasteiger partial charge in [0.2, 0.25) is 0 Å². The van der Waals surface area contributed by atoms with E-state index < -0.39 is 0 Å². The molecule has 0 atom stereocenters. The van der Waals surface area contributed by atoms with Crippen molar-refractivity contribution in [1.29, 1.82) is 0 Å². The average Bonchev–Trinajstić information content (AvgIpc) is 3.33. The van der Waals surface area contributed by atoms with E-state index in [0.29, 0.717) is 18.3 Å². The largest absolute Gasteiger partial charge is 0.488 e. The number of carbonyl (C=O) groups is 1. The van der Waals surface area contributed by atoms with Gasteiger partial charge in [-0.2, -0.15) is 0 Å². The van der Waals surface area contributed by atoms with Crippen LogP contribution in [0, 0.1) is 0 Å². The zero-order chi connectivity index (χ0) is 23.6. The predicted octanol–water partition coefficient (Wildman–Crippen LogP) is 3.79.